The van der Waals surface area contributed by atoms with Crippen molar-refractivity contribution in [2.24, 2.45) is 0 Å². The van der Waals surface area contributed by atoms with Crippen molar-refractivity contribution in [3.05, 3.63) is 29.4 Å². The number of carbonyl (C=O) groups excluding carboxylic acids is 1. The summed E-state index contributed by atoms with van der Waals surface area (Å²) in [5.74, 6) is 1.53. The van der Waals surface area contributed by atoms with Crippen molar-refractivity contribution in [2.75, 3.05) is 24.6 Å². The van der Waals surface area contributed by atoms with Crippen molar-refractivity contribution >= 4 is 21.6 Å². The molecule has 2 fully saturated rings. The highest BCUT2D eigenvalue weighted by atomic mass is 32.2. The fourth-order valence-electron chi connectivity index (χ4n) is 4.15. The SMILES string of the molecule is Cc1cc2c(cc1S(=O)(=O)N1CCCC1)OCC(=O)N2Cc1noc(C2CCC2)n1. The number of fused-ring (bicyclic) bond motifs is 1. The van der Waals surface area contributed by atoms with Crippen LogP contribution in [0.25, 0.3) is 0 Å². The lowest BCUT2D eigenvalue weighted by molar-refractivity contribution is -0.121. The molecular weight excluding hydrogens is 408 g/mol. The second-order valence-electron chi connectivity index (χ2n) is 8.14. The van der Waals surface area contributed by atoms with E-state index in [1.807, 2.05) is 0 Å². The Labute approximate surface area is 175 Å². The number of carbonyl (C=O) groups is 1. The third kappa shape index (κ3) is 3.27. The summed E-state index contributed by atoms with van der Waals surface area (Å²) in [6.07, 6.45) is 5.01. The minimum Gasteiger partial charge on any atom is -0.482 e. The fraction of sp³-hybridized carbons (Fsp3) is 0.550. The molecule has 9 nitrogen and oxygen atoms in total. The largest absolute Gasteiger partial charge is 0.482 e. The molecule has 0 N–H and O–H groups in total. The van der Waals surface area contributed by atoms with Crippen LogP contribution in [0.4, 0.5) is 5.69 Å². The minimum absolute atomic E-state index is 0.156. The number of ether oxygens (including phenoxy) is 1. The third-order valence-electron chi connectivity index (χ3n) is 6.12. The highest BCUT2D eigenvalue weighted by Gasteiger charge is 2.33. The summed E-state index contributed by atoms with van der Waals surface area (Å²) < 4.78 is 38.5. The predicted molar refractivity (Wildman–Crippen MR) is 107 cm³/mol. The summed E-state index contributed by atoms with van der Waals surface area (Å²) in [6.45, 7) is 2.80. The molecule has 0 unspecified atom stereocenters. The van der Waals surface area contributed by atoms with E-state index >= 15 is 0 Å². The van der Waals surface area contributed by atoms with Gasteiger partial charge in [0.15, 0.2) is 12.4 Å². The van der Waals surface area contributed by atoms with E-state index in [1.165, 1.54) is 21.7 Å². The maximum atomic E-state index is 13.0. The summed E-state index contributed by atoms with van der Waals surface area (Å²) >= 11 is 0. The van der Waals surface area contributed by atoms with E-state index in [-0.39, 0.29) is 24.0 Å². The van der Waals surface area contributed by atoms with E-state index in [9.17, 15) is 13.2 Å². The van der Waals surface area contributed by atoms with Crippen molar-refractivity contribution in [2.45, 2.75) is 56.4 Å². The molecule has 0 bridgehead atoms. The Morgan fingerprint density at radius 3 is 2.63 bits per heavy atom. The van der Waals surface area contributed by atoms with Crippen molar-refractivity contribution in [1.29, 1.82) is 0 Å². The fourth-order valence-corrected chi connectivity index (χ4v) is 5.88. The van der Waals surface area contributed by atoms with Crippen LogP contribution in [-0.4, -0.2) is 48.5 Å². The quantitative estimate of drug-likeness (QED) is 0.714. The molecular formula is C20H24N4O5S. The summed E-state index contributed by atoms with van der Waals surface area (Å²) in [6, 6.07) is 3.23. The third-order valence-corrected chi connectivity index (χ3v) is 8.16. The molecule has 30 heavy (non-hydrogen) atoms. The second-order valence-corrected chi connectivity index (χ2v) is 10.0. The van der Waals surface area contributed by atoms with Crippen LogP contribution in [0.1, 0.15) is 55.3 Å². The van der Waals surface area contributed by atoms with Gasteiger partial charge in [-0.1, -0.05) is 11.6 Å². The standard InChI is InChI=1S/C20H24N4O5S/c1-13-9-15-16(10-17(13)30(26,27)23-7-2-3-8-23)28-12-19(25)24(15)11-18-21-20(29-22-18)14-5-4-6-14/h9-10,14H,2-8,11-12H2,1H3. The van der Waals surface area contributed by atoms with Gasteiger partial charge in [-0.3, -0.25) is 9.69 Å². The maximum absolute atomic E-state index is 13.0. The first-order valence-corrected chi connectivity index (χ1v) is 11.8. The number of hydrogen-bond donors (Lipinski definition) is 0. The van der Waals surface area contributed by atoms with Crippen LogP contribution in [0.15, 0.2) is 21.6 Å². The van der Waals surface area contributed by atoms with Gasteiger partial charge in [-0.25, -0.2) is 8.42 Å². The molecule has 1 amide bonds. The van der Waals surface area contributed by atoms with Gasteiger partial charge in [0.05, 0.1) is 17.1 Å². The van der Waals surface area contributed by atoms with Gasteiger partial charge < -0.3 is 9.26 Å². The zero-order chi connectivity index (χ0) is 20.9. The summed E-state index contributed by atoms with van der Waals surface area (Å²) in [5.41, 5.74) is 1.10. The lowest BCUT2D eigenvalue weighted by atomic mass is 9.85. The van der Waals surface area contributed by atoms with Gasteiger partial charge in [0, 0.05) is 25.1 Å². The molecule has 1 aromatic heterocycles. The van der Waals surface area contributed by atoms with Gasteiger partial charge in [0.1, 0.15) is 5.75 Å². The number of anilines is 1. The molecule has 1 saturated heterocycles. The van der Waals surface area contributed by atoms with Crippen molar-refractivity contribution < 1.29 is 22.5 Å². The Morgan fingerprint density at radius 1 is 1.17 bits per heavy atom. The first-order valence-electron chi connectivity index (χ1n) is 10.3. The van der Waals surface area contributed by atoms with Gasteiger partial charge in [-0.05, 0) is 44.2 Å². The van der Waals surface area contributed by atoms with Gasteiger partial charge in [0.25, 0.3) is 5.91 Å². The molecule has 0 atom stereocenters. The monoisotopic (exact) mass is 432 g/mol. The molecule has 0 radical (unpaired) electrons. The van der Waals surface area contributed by atoms with E-state index in [2.05, 4.69) is 10.1 Å². The molecule has 2 aromatic rings. The van der Waals surface area contributed by atoms with Crippen LogP contribution in [0.5, 0.6) is 5.75 Å². The molecule has 3 aliphatic rings. The first kappa shape index (κ1) is 19.5. The molecule has 160 valence electrons. The van der Waals surface area contributed by atoms with Crippen LogP contribution >= 0.6 is 0 Å². The van der Waals surface area contributed by atoms with E-state index in [0.717, 1.165) is 25.7 Å². The van der Waals surface area contributed by atoms with E-state index < -0.39 is 10.0 Å². The average Bonchev–Trinajstić information content (AvgIpc) is 3.35. The number of aryl methyl sites for hydroxylation is 1. The zero-order valence-corrected chi connectivity index (χ0v) is 17.7. The number of nitrogens with zero attached hydrogens (tertiary/aromatic N) is 4. The van der Waals surface area contributed by atoms with Crippen molar-refractivity contribution in [3.8, 4) is 5.75 Å². The Kier molecular flexibility index (Phi) is 4.78. The summed E-state index contributed by atoms with van der Waals surface area (Å²) in [7, 11) is -3.59. The number of benzene rings is 1. The van der Waals surface area contributed by atoms with Crippen LogP contribution in [-0.2, 0) is 21.4 Å². The van der Waals surface area contributed by atoms with E-state index in [1.54, 1.807) is 13.0 Å². The summed E-state index contributed by atoms with van der Waals surface area (Å²) in [4.78, 5) is 18.8. The lowest BCUT2D eigenvalue weighted by Crippen LogP contribution is -2.39. The van der Waals surface area contributed by atoms with Gasteiger partial charge in [-0.15, -0.1) is 0 Å². The second kappa shape index (κ2) is 7.35. The number of rotatable bonds is 5. The molecule has 2 aliphatic heterocycles. The highest BCUT2D eigenvalue weighted by Crippen LogP contribution is 2.39. The minimum atomic E-state index is -3.59. The van der Waals surface area contributed by atoms with Crippen LogP contribution < -0.4 is 9.64 Å². The van der Waals surface area contributed by atoms with Gasteiger partial charge >= 0.3 is 0 Å². The molecule has 10 heteroatoms. The molecule has 1 saturated carbocycles. The van der Waals surface area contributed by atoms with Crippen LogP contribution in [0, 0.1) is 6.92 Å². The number of aromatic nitrogens is 2. The Morgan fingerprint density at radius 2 is 1.93 bits per heavy atom. The van der Waals surface area contributed by atoms with Crippen molar-refractivity contribution in [3.63, 3.8) is 0 Å². The molecule has 1 aromatic carbocycles. The molecule has 0 spiro atoms. The molecule has 1 aliphatic carbocycles. The maximum Gasteiger partial charge on any atom is 0.265 e. The lowest BCUT2D eigenvalue weighted by Gasteiger charge is -2.30. The topological polar surface area (TPSA) is 106 Å². The molecule has 5 rings (SSSR count). The van der Waals surface area contributed by atoms with E-state index in [4.69, 9.17) is 9.26 Å². The number of sulfonamides is 1. The predicted octanol–water partition coefficient (Wildman–Crippen LogP) is 2.36. The van der Waals surface area contributed by atoms with Crippen LogP contribution in [0.3, 0.4) is 0 Å². The smallest absolute Gasteiger partial charge is 0.265 e. The number of amides is 1. The highest BCUT2D eigenvalue weighted by molar-refractivity contribution is 7.89. The van der Waals surface area contributed by atoms with Gasteiger partial charge in [0.2, 0.25) is 15.9 Å². The van der Waals surface area contributed by atoms with Gasteiger partial charge in [-0.2, -0.15) is 9.29 Å². The van der Waals surface area contributed by atoms with Crippen molar-refractivity contribution in [1.82, 2.24) is 14.4 Å². The summed E-state index contributed by atoms with van der Waals surface area (Å²) in [5, 5.41) is 4.03. The average molecular weight is 433 g/mol. The number of hydrogen-bond acceptors (Lipinski definition) is 7. The molecule has 3 heterocycles. The normalized spacial score (nSPS) is 20.2. The Bertz CT molecular complexity index is 1090. The first-order chi connectivity index (χ1) is 14.4. The van der Waals surface area contributed by atoms with Crippen LogP contribution in [0.2, 0.25) is 0 Å². The Balaban J connectivity index is 1.45. The van der Waals surface area contributed by atoms with E-state index in [0.29, 0.717) is 47.7 Å². The zero-order valence-electron chi connectivity index (χ0n) is 16.8. The Hall–Kier alpha value is -2.46.